The van der Waals surface area contributed by atoms with Crippen LogP contribution < -0.4 is 10.6 Å². The SMILES string of the molecule is O=C(NCCCCCCO)C1CSCN1. The Kier molecular flexibility index (Phi) is 6.80. The van der Waals surface area contributed by atoms with Crippen LogP contribution in [-0.2, 0) is 4.79 Å². The van der Waals surface area contributed by atoms with E-state index in [0.29, 0.717) is 0 Å². The van der Waals surface area contributed by atoms with Crippen LogP contribution in [0.3, 0.4) is 0 Å². The number of amides is 1. The maximum atomic E-state index is 11.5. The largest absolute Gasteiger partial charge is 0.396 e. The summed E-state index contributed by atoms with van der Waals surface area (Å²) in [5, 5.41) is 14.6. The van der Waals surface area contributed by atoms with Crippen molar-refractivity contribution >= 4 is 17.7 Å². The number of hydrogen-bond donors (Lipinski definition) is 3. The fraction of sp³-hybridized carbons (Fsp3) is 0.900. The molecule has 88 valence electrons. The average Bonchev–Trinajstić information content (AvgIpc) is 2.76. The molecule has 0 aromatic rings. The van der Waals surface area contributed by atoms with Crippen LogP contribution in [0.25, 0.3) is 0 Å². The molecule has 1 aliphatic rings. The van der Waals surface area contributed by atoms with Crippen molar-refractivity contribution in [2.75, 3.05) is 24.8 Å². The first kappa shape index (κ1) is 12.8. The number of aliphatic hydroxyl groups excluding tert-OH is 1. The van der Waals surface area contributed by atoms with Gasteiger partial charge in [0.05, 0.1) is 6.04 Å². The molecule has 1 atom stereocenters. The summed E-state index contributed by atoms with van der Waals surface area (Å²) in [6.07, 6.45) is 4.00. The van der Waals surface area contributed by atoms with Crippen molar-refractivity contribution in [3.63, 3.8) is 0 Å². The standard InChI is InChI=1S/C10H20N2O2S/c13-6-4-2-1-3-5-11-10(14)9-7-15-8-12-9/h9,12-13H,1-8H2,(H,11,14). The lowest BCUT2D eigenvalue weighted by atomic mass is 10.2. The summed E-state index contributed by atoms with van der Waals surface area (Å²) in [6, 6.07) is 0.00689. The molecule has 0 radical (unpaired) electrons. The first-order valence-corrected chi connectivity index (χ1v) is 6.70. The smallest absolute Gasteiger partial charge is 0.238 e. The summed E-state index contributed by atoms with van der Waals surface area (Å²) in [4.78, 5) is 11.5. The van der Waals surface area contributed by atoms with Crippen molar-refractivity contribution in [3.8, 4) is 0 Å². The van der Waals surface area contributed by atoms with Crippen molar-refractivity contribution in [1.29, 1.82) is 0 Å². The number of carbonyl (C=O) groups is 1. The molecule has 0 aromatic heterocycles. The molecule has 0 aliphatic carbocycles. The lowest BCUT2D eigenvalue weighted by Gasteiger charge is -2.09. The zero-order valence-electron chi connectivity index (χ0n) is 9.00. The van der Waals surface area contributed by atoms with E-state index < -0.39 is 0 Å². The van der Waals surface area contributed by atoms with Gasteiger partial charge in [-0.1, -0.05) is 12.8 Å². The minimum atomic E-state index is 0.00689. The number of hydrogen-bond acceptors (Lipinski definition) is 4. The normalized spacial score (nSPS) is 20.5. The molecular formula is C10H20N2O2S. The van der Waals surface area contributed by atoms with Crippen molar-refractivity contribution in [1.82, 2.24) is 10.6 Å². The van der Waals surface area contributed by atoms with Crippen LogP contribution in [0.15, 0.2) is 0 Å². The molecule has 4 nitrogen and oxygen atoms in total. The fourth-order valence-electron chi connectivity index (χ4n) is 1.49. The summed E-state index contributed by atoms with van der Waals surface area (Å²) >= 11 is 1.76. The summed E-state index contributed by atoms with van der Waals surface area (Å²) < 4.78 is 0. The van der Waals surface area contributed by atoms with Crippen molar-refractivity contribution in [3.05, 3.63) is 0 Å². The van der Waals surface area contributed by atoms with Crippen LogP contribution in [0.5, 0.6) is 0 Å². The molecule has 15 heavy (non-hydrogen) atoms. The molecule has 1 fully saturated rings. The summed E-state index contributed by atoms with van der Waals surface area (Å²) in [7, 11) is 0. The lowest BCUT2D eigenvalue weighted by Crippen LogP contribution is -2.42. The number of rotatable bonds is 7. The Morgan fingerprint density at radius 1 is 1.40 bits per heavy atom. The zero-order valence-corrected chi connectivity index (χ0v) is 9.81. The Morgan fingerprint density at radius 3 is 2.87 bits per heavy atom. The van der Waals surface area contributed by atoms with Crippen molar-refractivity contribution in [2.45, 2.75) is 31.7 Å². The molecule has 1 aliphatic heterocycles. The van der Waals surface area contributed by atoms with Gasteiger partial charge in [0.1, 0.15) is 0 Å². The van der Waals surface area contributed by atoms with E-state index in [9.17, 15) is 4.79 Å². The highest BCUT2D eigenvalue weighted by molar-refractivity contribution is 7.99. The van der Waals surface area contributed by atoms with Gasteiger partial charge in [-0.25, -0.2) is 0 Å². The summed E-state index contributed by atoms with van der Waals surface area (Å²) in [5.41, 5.74) is 0. The third-order valence-electron chi connectivity index (χ3n) is 2.42. The number of nitrogens with one attached hydrogen (secondary N) is 2. The Morgan fingerprint density at radius 2 is 2.20 bits per heavy atom. The van der Waals surface area contributed by atoms with Gasteiger partial charge in [-0.05, 0) is 12.8 Å². The third-order valence-corrected chi connectivity index (χ3v) is 3.36. The minimum absolute atomic E-state index is 0.00689. The van der Waals surface area contributed by atoms with Crippen LogP contribution in [0, 0.1) is 0 Å². The van der Waals surface area contributed by atoms with Crippen LogP contribution in [-0.4, -0.2) is 41.8 Å². The Hall–Kier alpha value is -0.260. The monoisotopic (exact) mass is 232 g/mol. The third kappa shape index (κ3) is 5.39. The van der Waals surface area contributed by atoms with Crippen LogP contribution in [0.2, 0.25) is 0 Å². The van der Waals surface area contributed by atoms with Gasteiger partial charge in [0.25, 0.3) is 0 Å². The summed E-state index contributed by atoms with van der Waals surface area (Å²) in [5.74, 6) is 1.90. The molecule has 1 amide bonds. The molecule has 1 saturated heterocycles. The van der Waals surface area contributed by atoms with E-state index in [1.807, 2.05) is 0 Å². The second-order valence-electron chi connectivity index (χ2n) is 3.70. The number of thioether (sulfide) groups is 1. The van der Waals surface area contributed by atoms with Gasteiger partial charge in [0.15, 0.2) is 0 Å². The summed E-state index contributed by atoms with van der Waals surface area (Å²) in [6.45, 7) is 1.03. The molecule has 0 bridgehead atoms. The first-order chi connectivity index (χ1) is 7.34. The van der Waals surface area contributed by atoms with Gasteiger partial charge >= 0.3 is 0 Å². The average molecular weight is 232 g/mol. The zero-order chi connectivity index (χ0) is 10.9. The highest BCUT2D eigenvalue weighted by atomic mass is 32.2. The quantitative estimate of drug-likeness (QED) is 0.553. The van der Waals surface area contributed by atoms with E-state index in [1.54, 1.807) is 11.8 Å². The van der Waals surface area contributed by atoms with E-state index in [4.69, 9.17) is 5.11 Å². The molecule has 0 aromatic carbocycles. The van der Waals surface area contributed by atoms with E-state index in [-0.39, 0.29) is 18.6 Å². The molecule has 3 N–H and O–H groups in total. The van der Waals surface area contributed by atoms with Crippen molar-refractivity contribution in [2.24, 2.45) is 0 Å². The van der Waals surface area contributed by atoms with Gasteiger partial charge in [-0.15, -0.1) is 11.8 Å². The van der Waals surface area contributed by atoms with Gasteiger partial charge in [-0.3, -0.25) is 10.1 Å². The lowest BCUT2D eigenvalue weighted by molar-refractivity contribution is -0.122. The number of unbranched alkanes of at least 4 members (excludes halogenated alkanes) is 3. The van der Waals surface area contributed by atoms with Crippen LogP contribution >= 0.6 is 11.8 Å². The molecule has 1 heterocycles. The maximum absolute atomic E-state index is 11.5. The van der Waals surface area contributed by atoms with Gasteiger partial charge in [0, 0.05) is 24.8 Å². The van der Waals surface area contributed by atoms with E-state index in [0.717, 1.165) is 43.9 Å². The van der Waals surface area contributed by atoms with E-state index in [2.05, 4.69) is 10.6 Å². The first-order valence-electron chi connectivity index (χ1n) is 5.54. The van der Waals surface area contributed by atoms with E-state index >= 15 is 0 Å². The predicted molar refractivity (Wildman–Crippen MR) is 62.8 cm³/mol. The molecule has 0 saturated carbocycles. The Bertz CT molecular complexity index is 184. The molecular weight excluding hydrogens is 212 g/mol. The van der Waals surface area contributed by atoms with Crippen LogP contribution in [0.1, 0.15) is 25.7 Å². The minimum Gasteiger partial charge on any atom is -0.396 e. The number of aliphatic hydroxyl groups is 1. The van der Waals surface area contributed by atoms with E-state index in [1.165, 1.54) is 0 Å². The van der Waals surface area contributed by atoms with Gasteiger partial charge in [-0.2, -0.15) is 0 Å². The highest BCUT2D eigenvalue weighted by Gasteiger charge is 2.21. The van der Waals surface area contributed by atoms with Gasteiger partial charge in [0.2, 0.25) is 5.91 Å². The van der Waals surface area contributed by atoms with Gasteiger partial charge < -0.3 is 10.4 Å². The molecule has 0 spiro atoms. The van der Waals surface area contributed by atoms with Crippen molar-refractivity contribution < 1.29 is 9.90 Å². The fourth-order valence-corrected chi connectivity index (χ4v) is 2.43. The molecule has 1 rings (SSSR count). The topological polar surface area (TPSA) is 61.4 Å². The Balaban J connectivity index is 1.92. The Labute approximate surface area is 95.2 Å². The number of carbonyl (C=O) groups excluding carboxylic acids is 1. The second-order valence-corrected chi connectivity index (χ2v) is 4.73. The molecule has 5 heteroatoms. The predicted octanol–water partition coefficient (Wildman–Crippen LogP) is 0.318. The second kappa shape index (κ2) is 7.96. The molecule has 1 unspecified atom stereocenters. The maximum Gasteiger partial charge on any atom is 0.238 e. The van der Waals surface area contributed by atoms with Crippen LogP contribution in [0.4, 0.5) is 0 Å². The highest BCUT2D eigenvalue weighted by Crippen LogP contribution is 2.09.